The van der Waals surface area contributed by atoms with E-state index in [0.717, 1.165) is 41.7 Å². The van der Waals surface area contributed by atoms with Crippen LogP contribution in [0.5, 0.6) is 0 Å². The molecule has 2 heterocycles. The fraction of sp³-hybridized carbons (Fsp3) is 0.688. The Morgan fingerprint density at radius 1 is 1.21 bits per heavy atom. The molecule has 4 aliphatic rings. The van der Waals surface area contributed by atoms with Crippen LogP contribution in [0.3, 0.4) is 0 Å². The summed E-state index contributed by atoms with van der Waals surface area (Å²) in [6.45, 7) is 0. The van der Waals surface area contributed by atoms with Crippen LogP contribution in [0.15, 0.2) is 11.1 Å². The molecular formula is C16H20N6O2. The van der Waals surface area contributed by atoms with E-state index in [-0.39, 0.29) is 28.5 Å². The molecule has 0 radical (unpaired) electrons. The molecule has 1 N–H and O–H groups in total. The molecule has 2 aromatic heterocycles. The summed E-state index contributed by atoms with van der Waals surface area (Å²) in [5.41, 5.74) is -0.0350. The van der Waals surface area contributed by atoms with Gasteiger partial charge in [0, 0.05) is 12.6 Å². The fourth-order valence-corrected chi connectivity index (χ4v) is 5.61. The molecule has 24 heavy (non-hydrogen) atoms. The third-order valence-corrected chi connectivity index (χ3v) is 6.13. The molecular weight excluding hydrogens is 308 g/mol. The number of hydrogen-bond acceptors (Lipinski definition) is 5. The summed E-state index contributed by atoms with van der Waals surface area (Å²) < 4.78 is 2.39. The van der Waals surface area contributed by atoms with Crippen molar-refractivity contribution >= 4 is 11.6 Å². The highest BCUT2D eigenvalue weighted by Gasteiger charge is 2.51. The van der Waals surface area contributed by atoms with Gasteiger partial charge in [-0.2, -0.15) is 4.68 Å². The first-order valence-corrected chi connectivity index (χ1v) is 8.62. The minimum absolute atomic E-state index is 0.0883. The summed E-state index contributed by atoms with van der Waals surface area (Å²) in [7, 11) is 1.52. The molecule has 0 atom stereocenters. The van der Waals surface area contributed by atoms with E-state index in [4.69, 9.17) is 0 Å². The lowest BCUT2D eigenvalue weighted by Gasteiger charge is -2.56. The molecule has 0 aliphatic heterocycles. The number of aromatic nitrogens is 5. The summed E-state index contributed by atoms with van der Waals surface area (Å²) in [6.07, 6.45) is 8.54. The zero-order valence-corrected chi connectivity index (χ0v) is 13.6. The molecule has 6 rings (SSSR count). The van der Waals surface area contributed by atoms with Crippen LogP contribution in [0, 0.1) is 17.8 Å². The Morgan fingerprint density at radius 2 is 1.83 bits per heavy atom. The molecule has 4 saturated carbocycles. The predicted molar refractivity (Wildman–Crippen MR) is 84.4 cm³/mol. The third kappa shape index (κ3) is 1.94. The smallest absolute Gasteiger partial charge is 0.345 e. The number of fused-ring (bicyclic) bond motifs is 1. The van der Waals surface area contributed by atoms with Gasteiger partial charge in [-0.3, -0.25) is 4.79 Å². The van der Waals surface area contributed by atoms with Crippen molar-refractivity contribution in [2.45, 2.75) is 44.1 Å². The summed E-state index contributed by atoms with van der Waals surface area (Å²) in [6, 6.07) is 0. The van der Waals surface area contributed by atoms with Crippen molar-refractivity contribution in [3.8, 4) is 0 Å². The van der Waals surface area contributed by atoms with Gasteiger partial charge in [-0.1, -0.05) is 5.21 Å². The average Bonchev–Trinajstić information content (AvgIpc) is 2.94. The second-order valence-electron chi connectivity index (χ2n) is 7.93. The van der Waals surface area contributed by atoms with E-state index in [0.29, 0.717) is 0 Å². The molecule has 4 aliphatic carbocycles. The van der Waals surface area contributed by atoms with E-state index in [1.54, 1.807) is 0 Å². The summed E-state index contributed by atoms with van der Waals surface area (Å²) >= 11 is 0. The third-order valence-electron chi connectivity index (χ3n) is 6.13. The number of carbonyl (C=O) groups is 1. The number of nitrogens with zero attached hydrogens (tertiary/aromatic N) is 5. The minimum atomic E-state index is -0.360. The van der Waals surface area contributed by atoms with Gasteiger partial charge in [0.15, 0.2) is 11.3 Å². The quantitative estimate of drug-likeness (QED) is 0.867. The maximum absolute atomic E-state index is 12.8. The summed E-state index contributed by atoms with van der Waals surface area (Å²) in [5, 5.41) is 11.0. The lowest BCUT2D eigenvalue weighted by atomic mass is 9.53. The largest absolute Gasteiger partial charge is 0.352 e. The Bertz CT molecular complexity index is 862. The van der Waals surface area contributed by atoms with Crippen LogP contribution in [0.25, 0.3) is 5.65 Å². The van der Waals surface area contributed by atoms with Crippen LogP contribution < -0.4 is 11.0 Å². The van der Waals surface area contributed by atoms with Gasteiger partial charge < -0.3 is 5.32 Å². The minimum Gasteiger partial charge on any atom is -0.345 e. The van der Waals surface area contributed by atoms with Crippen LogP contribution in [-0.4, -0.2) is 35.8 Å². The van der Waals surface area contributed by atoms with Crippen LogP contribution in [0.4, 0.5) is 0 Å². The molecule has 8 heteroatoms. The lowest BCUT2D eigenvalue weighted by molar-refractivity contribution is -0.0167. The zero-order chi connectivity index (χ0) is 16.5. The molecule has 2 aromatic rings. The highest BCUT2D eigenvalue weighted by atomic mass is 16.2. The standard InChI is InChI=1S/C16H20N6O2/c1-21-15(24)22-8-17-12(13(22)19-20-21)14(23)18-16-5-9-2-10(6-16)4-11(3-9)7-16/h8-11H,2-7H2,1H3,(H,18,23). The molecule has 4 bridgehead atoms. The van der Waals surface area contributed by atoms with Gasteiger partial charge in [0.05, 0.1) is 0 Å². The van der Waals surface area contributed by atoms with Crippen LogP contribution >= 0.6 is 0 Å². The van der Waals surface area contributed by atoms with E-state index < -0.39 is 0 Å². The van der Waals surface area contributed by atoms with E-state index >= 15 is 0 Å². The van der Waals surface area contributed by atoms with Gasteiger partial charge in [0.1, 0.15) is 6.33 Å². The summed E-state index contributed by atoms with van der Waals surface area (Å²) in [4.78, 5) is 29.0. The monoisotopic (exact) mass is 328 g/mol. The number of amides is 1. The van der Waals surface area contributed by atoms with Gasteiger partial charge in [-0.05, 0) is 56.3 Å². The first kappa shape index (κ1) is 14.1. The predicted octanol–water partition coefficient (Wildman–Crippen LogP) is 0.522. The van der Waals surface area contributed by atoms with Crippen molar-refractivity contribution in [3.05, 3.63) is 22.5 Å². The van der Waals surface area contributed by atoms with Crippen molar-refractivity contribution in [2.75, 3.05) is 0 Å². The van der Waals surface area contributed by atoms with Crippen molar-refractivity contribution in [3.63, 3.8) is 0 Å². The molecule has 4 fully saturated rings. The number of rotatable bonds is 2. The number of imidazole rings is 1. The van der Waals surface area contributed by atoms with Gasteiger partial charge in [0.2, 0.25) is 0 Å². The van der Waals surface area contributed by atoms with E-state index in [1.165, 1.54) is 37.0 Å². The van der Waals surface area contributed by atoms with Crippen LogP contribution in [0.1, 0.15) is 49.0 Å². The molecule has 126 valence electrons. The molecule has 0 spiro atoms. The van der Waals surface area contributed by atoms with E-state index in [9.17, 15) is 9.59 Å². The Labute approximate surface area is 138 Å². The number of aryl methyl sites for hydroxylation is 1. The molecule has 0 saturated heterocycles. The topological polar surface area (TPSA) is 94.2 Å². The van der Waals surface area contributed by atoms with Crippen molar-refractivity contribution < 1.29 is 4.79 Å². The van der Waals surface area contributed by atoms with Crippen molar-refractivity contribution in [1.29, 1.82) is 0 Å². The van der Waals surface area contributed by atoms with Crippen LogP contribution in [-0.2, 0) is 7.05 Å². The maximum atomic E-state index is 12.8. The molecule has 8 nitrogen and oxygen atoms in total. The van der Waals surface area contributed by atoms with Crippen molar-refractivity contribution in [1.82, 2.24) is 29.7 Å². The number of nitrogens with one attached hydrogen (secondary N) is 1. The van der Waals surface area contributed by atoms with E-state index in [1.807, 2.05) is 0 Å². The highest BCUT2D eigenvalue weighted by Crippen LogP contribution is 2.55. The Morgan fingerprint density at radius 3 is 2.46 bits per heavy atom. The normalized spacial score (nSPS) is 34.0. The van der Waals surface area contributed by atoms with Gasteiger partial charge in [-0.15, -0.1) is 5.10 Å². The van der Waals surface area contributed by atoms with Crippen molar-refractivity contribution in [2.24, 2.45) is 24.8 Å². The first-order valence-electron chi connectivity index (χ1n) is 8.62. The second kappa shape index (κ2) is 4.64. The van der Waals surface area contributed by atoms with Gasteiger partial charge in [-0.25, -0.2) is 14.2 Å². The Kier molecular flexibility index (Phi) is 2.73. The molecule has 0 aromatic carbocycles. The summed E-state index contributed by atoms with van der Waals surface area (Å²) in [5.74, 6) is 2.02. The maximum Gasteiger partial charge on any atom is 0.352 e. The SMILES string of the molecule is Cn1nnc2c(C(=O)NC34CC5CC(CC(C5)C3)C4)ncn2c1=O. The fourth-order valence-electron chi connectivity index (χ4n) is 5.61. The highest BCUT2D eigenvalue weighted by molar-refractivity contribution is 5.98. The lowest BCUT2D eigenvalue weighted by Crippen LogP contribution is -2.59. The number of hydrogen-bond donors (Lipinski definition) is 1. The number of carbonyl (C=O) groups excluding carboxylic acids is 1. The average molecular weight is 328 g/mol. The molecule has 1 amide bonds. The van der Waals surface area contributed by atoms with Gasteiger partial charge in [0.25, 0.3) is 5.91 Å². The second-order valence-corrected chi connectivity index (χ2v) is 7.93. The Hall–Kier alpha value is -2.25. The Balaban J connectivity index is 1.47. The molecule has 0 unspecified atom stereocenters. The zero-order valence-electron chi connectivity index (χ0n) is 13.6. The van der Waals surface area contributed by atoms with E-state index in [2.05, 4.69) is 20.6 Å². The van der Waals surface area contributed by atoms with Crippen LogP contribution in [0.2, 0.25) is 0 Å². The van der Waals surface area contributed by atoms with Gasteiger partial charge >= 0.3 is 5.69 Å². The first-order chi connectivity index (χ1) is 11.5.